The molecule has 0 aliphatic carbocycles. The molecule has 1 aromatic rings. The first kappa shape index (κ1) is 14.1. The van der Waals surface area contributed by atoms with Gasteiger partial charge in [0.2, 0.25) is 5.91 Å². The van der Waals surface area contributed by atoms with Crippen LogP contribution in [0.3, 0.4) is 0 Å². The smallest absolute Gasteiger partial charge is 0.220 e. The molecular weight excluding hydrogens is 240 g/mol. The summed E-state index contributed by atoms with van der Waals surface area (Å²) in [4.78, 5) is 12.0. The molecule has 4 heteroatoms. The standard InChI is InChI=1S/C15H24N2O2/c1-11(13-5-3-7-16-10-13)9-15(18)17-12(2)14-6-4-8-19-14/h4,6,8,11-13,16H,3,5,7,9-10H2,1-2H3,(H,17,18)/t11?,12-,13?/m0/s1. The van der Waals surface area contributed by atoms with E-state index in [1.165, 1.54) is 12.8 Å². The molecule has 19 heavy (non-hydrogen) atoms. The van der Waals surface area contributed by atoms with Gasteiger partial charge in [0.25, 0.3) is 0 Å². The van der Waals surface area contributed by atoms with Crippen LogP contribution in [0.15, 0.2) is 22.8 Å². The van der Waals surface area contributed by atoms with E-state index in [-0.39, 0.29) is 11.9 Å². The lowest BCUT2D eigenvalue weighted by molar-refractivity contribution is -0.123. The molecule has 0 saturated carbocycles. The first-order chi connectivity index (χ1) is 9.16. The zero-order valence-electron chi connectivity index (χ0n) is 11.8. The number of carbonyl (C=O) groups excluding carboxylic acids is 1. The highest BCUT2D eigenvalue weighted by Gasteiger charge is 2.22. The van der Waals surface area contributed by atoms with E-state index in [1.807, 2.05) is 19.1 Å². The fourth-order valence-corrected chi connectivity index (χ4v) is 2.73. The van der Waals surface area contributed by atoms with Gasteiger partial charge < -0.3 is 15.1 Å². The van der Waals surface area contributed by atoms with Crippen molar-refractivity contribution in [2.24, 2.45) is 11.8 Å². The molecule has 1 aromatic heterocycles. The van der Waals surface area contributed by atoms with Crippen molar-refractivity contribution >= 4 is 5.91 Å². The quantitative estimate of drug-likeness (QED) is 0.859. The van der Waals surface area contributed by atoms with Gasteiger partial charge in [0.05, 0.1) is 12.3 Å². The van der Waals surface area contributed by atoms with Gasteiger partial charge in [0.1, 0.15) is 5.76 Å². The second-order valence-electron chi connectivity index (χ2n) is 5.59. The molecule has 1 aliphatic rings. The van der Waals surface area contributed by atoms with Gasteiger partial charge >= 0.3 is 0 Å². The van der Waals surface area contributed by atoms with Crippen molar-refractivity contribution in [3.8, 4) is 0 Å². The van der Waals surface area contributed by atoms with Crippen LogP contribution in [0.2, 0.25) is 0 Å². The molecule has 1 aliphatic heterocycles. The number of furan rings is 1. The number of hydrogen-bond acceptors (Lipinski definition) is 3. The number of piperidine rings is 1. The lowest BCUT2D eigenvalue weighted by Gasteiger charge is -2.28. The summed E-state index contributed by atoms with van der Waals surface area (Å²) in [6, 6.07) is 3.67. The van der Waals surface area contributed by atoms with Crippen LogP contribution in [0, 0.1) is 11.8 Å². The molecule has 0 aromatic carbocycles. The van der Waals surface area contributed by atoms with Crippen molar-refractivity contribution in [3.05, 3.63) is 24.2 Å². The van der Waals surface area contributed by atoms with E-state index in [9.17, 15) is 4.79 Å². The van der Waals surface area contributed by atoms with Gasteiger partial charge in [-0.1, -0.05) is 6.92 Å². The Balaban J connectivity index is 1.77. The molecule has 2 unspecified atom stereocenters. The van der Waals surface area contributed by atoms with Crippen LogP contribution >= 0.6 is 0 Å². The van der Waals surface area contributed by atoms with Gasteiger partial charge in [-0.05, 0) is 56.8 Å². The molecule has 1 fully saturated rings. The van der Waals surface area contributed by atoms with E-state index in [0.29, 0.717) is 18.3 Å². The topological polar surface area (TPSA) is 54.3 Å². The first-order valence-corrected chi connectivity index (χ1v) is 7.20. The van der Waals surface area contributed by atoms with Crippen molar-refractivity contribution in [2.75, 3.05) is 13.1 Å². The summed E-state index contributed by atoms with van der Waals surface area (Å²) < 4.78 is 5.29. The van der Waals surface area contributed by atoms with Crippen LogP contribution in [-0.4, -0.2) is 19.0 Å². The third kappa shape index (κ3) is 4.10. The molecule has 2 N–H and O–H groups in total. The predicted molar refractivity (Wildman–Crippen MR) is 74.6 cm³/mol. The van der Waals surface area contributed by atoms with Gasteiger partial charge in [-0.2, -0.15) is 0 Å². The van der Waals surface area contributed by atoms with Crippen molar-refractivity contribution in [3.63, 3.8) is 0 Å². The van der Waals surface area contributed by atoms with E-state index in [1.54, 1.807) is 6.26 Å². The van der Waals surface area contributed by atoms with Crippen LogP contribution in [0.1, 0.15) is 44.9 Å². The predicted octanol–water partition coefficient (Wildman–Crippen LogP) is 2.48. The Morgan fingerprint density at radius 2 is 2.42 bits per heavy atom. The van der Waals surface area contributed by atoms with Gasteiger partial charge in [-0.3, -0.25) is 4.79 Å². The summed E-state index contributed by atoms with van der Waals surface area (Å²) in [5.41, 5.74) is 0. The van der Waals surface area contributed by atoms with Crippen LogP contribution in [0.25, 0.3) is 0 Å². The molecule has 4 nitrogen and oxygen atoms in total. The zero-order chi connectivity index (χ0) is 13.7. The summed E-state index contributed by atoms with van der Waals surface area (Å²) in [5, 5.41) is 6.40. The molecular formula is C15H24N2O2. The third-order valence-corrected chi connectivity index (χ3v) is 3.99. The highest BCUT2D eigenvalue weighted by atomic mass is 16.3. The largest absolute Gasteiger partial charge is 0.467 e. The van der Waals surface area contributed by atoms with Crippen LogP contribution < -0.4 is 10.6 Å². The number of nitrogens with one attached hydrogen (secondary N) is 2. The number of carbonyl (C=O) groups is 1. The highest BCUT2D eigenvalue weighted by Crippen LogP contribution is 2.23. The Bertz CT molecular complexity index is 383. The Morgan fingerprint density at radius 1 is 1.58 bits per heavy atom. The molecule has 1 amide bonds. The molecule has 0 radical (unpaired) electrons. The maximum Gasteiger partial charge on any atom is 0.220 e. The summed E-state index contributed by atoms with van der Waals surface area (Å²) in [6.07, 6.45) is 4.68. The maximum atomic E-state index is 12.0. The van der Waals surface area contributed by atoms with Gasteiger partial charge in [-0.25, -0.2) is 0 Å². The van der Waals surface area contributed by atoms with E-state index in [0.717, 1.165) is 18.8 Å². The second kappa shape index (κ2) is 6.75. The highest BCUT2D eigenvalue weighted by molar-refractivity contribution is 5.76. The van der Waals surface area contributed by atoms with Crippen LogP contribution in [-0.2, 0) is 4.79 Å². The zero-order valence-corrected chi connectivity index (χ0v) is 11.8. The lowest BCUT2D eigenvalue weighted by Crippen LogP contribution is -2.36. The van der Waals surface area contributed by atoms with Gasteiger partial charge in [0.15, 0.2) is 0 Å². The fourth-order valence-electron chi connectivity index (χ4n) is 2.73. The van der Waals surface area contributed by atoms with E-state index >= 15 is 0 Å². The van der Waals surface area contributed by atoms with Gasteiger partial charge in [0, 0.05) is 6.42 Å². The molecule has 3 atom stereocenters. The first-order valence-electron chi connectivity index (χ1n) is 7.20. The third-order valence-electron chi connectivity index (χ3n) is 3.99. The monoisotopic (exact) mass is 264 g/mol. The van der Waals surface area contributed by atoms with E-state index < -0.39 is 0 Å². The van der Waals surface area contributed by atoms with E-state index in [2.05, 4.69) is 17.6 Å². The summed E-state index contributed by atoms with van der Waals surface area (Å²) in [6.45, 7) is 6.28. The summed E-state index contributed by atoms with van der Waals surface area (Å²) in [5.74, 6) is 1.97. The molecule has 2 rings (SSSR count). The van der Waals surface area contributed by atoms with Crippen molar-refractivity contribution < 1.29 is 9.21 Å². The Kier molecular flexibility index (Phi) is 5.02. The molecule has 0 bridgehead atoms. The molecule has 0 spiro atoms. The SMILES string of the molecule is CC(CC(=O)N[C@@H](C)c1ccco1)C1CCCNC1. The van der Waals surface area contributed by atoms with Crippen LogP contribution in [0.5, 0.6) is 0 Å². The lowest BCUT2D eigenvalue weighted by atomic mass is 9.85. The minimum atomic E-state index is -0.0563. The van der Waals surface area contributed by atoms with Crippen molar-refractivity contribution in [1.29, 1.82) is 0 Å². The minimum Gasteiger partial charge on any atom is -0.467 e. The van der Waals surface area contributed by atoms with Crippen molar-refractivity contribution in [2.45, 2.75) is 39.2 Å². The molecule has 2 heterocycles. The van der Waals surface area contributed by atoms with Crippen molar-refractivity contribution in [1.82, 2.24) is 10.6 Å². The number of hydrogen-bond donors (Lipinski definition) is 2. The fraction of sp³-hybridized carbons (Fsp3) is 0.667. The number of amides is 1. The Hall–Kier alpha value is -1.29. The molecule has 1 saturated heterocycles. The number of rotatable bonds is 5. The van der Waals surface area contributed by atoms with E-state index in [4.69, 9.17) is 4.42 Å². The average Bonchev–Trinajstić information content (AvgIpc) is 2.93. The normalized spacial score (nSPS) is 22.7. The van der Waals surface area contributed by atoms with Crippen LogP contribution in [0.4, 0.5) is 0 Å². The Morgan fingerprint density at radius 3 is 3.05 bits per heavy atom. The average molecular weight is 264 g/mol. The summed E-state index contributed by atoms with van der Waals surface area (Å²) in [7, 11) is 0. The molecule has 106 valence electrons. The summed E-state index contributed by atoms with van der Waals surface area (Å²) >= 11 is 0. The minimum absolute atomic E-state index is 0.0563. The Labute approximate surface area is 114 Å². The second-order valence-corrected chi connectivity index (χ2v) is 5.59. The van der Waals surface area contributed by atoms with Gasteiger partial charge in [-0.15, -0.1) is 0 Å². The maximum absolute atomic E-state index is 12.0.